The molecule has 1 aromatic heterocycles. The first-order chi connectivity index (χ1) is 6.83. The highest BCUT2D eigenvalue weighted by atomic mass is 127. The molecule has 1 aromatic rings. The Morgan fingerprint density at radius 1 is 1.53 bits per heavy atom. The van der Waals surface area contributed by atoms with Gasteiger partial charge in [-0.1, -0.05) is 0 Å². The summed E-state index contributed by atoms with van der Waals surface area (Å²) in [4.78, 5) is 3.66. The number of pyridine rings is 1. The molecule has 0 N–H and O–H groups in total. The molecule has 0 saturated carbocycles. The van der Waals surface area contributed by atoms with Crippen molar-refractivity contribution in [3.63, 3.8) is 0 Å². The minimum Gasteiger partial charge on any atom is -0.388 e. The topological polar surface area (TPSA) is 22.1 Å². The third-order valence-electron chi connectivity index (χ3n) is 1.53. The van der Waals surface area contributed by atoms with E-state index in [-0.39, 0.29) is 5.88 Å². The minimum absolute atomic E-state index is 0.0498. The van der Waals surface area contributed by atoms with Crippen molar-refractivity contribution in [2.24, 2.45) is 0 Å². The fourth-order valence-corrected chi connectivity index (χ4v) is 1.84. The summed E-state index contributed by atoms with van der Waals surface area (Å²) in [5, 5.41) is 0. The summed E-state index contributed by atoms with van der Waals surface area (Å²) in [6, 6.07) is 1.23. The van der Waals surface area contributed by atoms with Gasteiger partial charge in [-0.15, -0.1) is 24.8 Å². The van der Waals surface area contributed by atoms with Crippen LogP contribution in [0.25, 0.3) is 0 Å². The number of aryl methyl sites for hydroxylation is 1. The Bertz CT molecular complexity index is 370. The van der Waals surface area contributed by atoms with E-state index in [4.69, 9.17) is 11.6 Å². The van der Waals surface area contributed by atoms with Crippen LogP contribution in [0.2, 0.25) is 0 Å². The highest BCUT2D eigenvalue weighted by Crippen LogP contribution is 2.25. The zero-order valence-electron chi connectivity index (χ0n) is 7.53. The molecule has 2 nitrogen and oxygen atoms in total. The van der Waals surface area contributed by atoms with Crippen LogP contribution in [0.5, 0.6) is 5.88 Å². The summed E-state index contributed by atoms with van der Waals surface area (Å²) in [7, 11) is 0. The standard InChI is InChI=1S/C8H6ClF3INO/c1-4-2-6(15-8(10,11)12)14-5(3-9)7(4)13/h2H,3H2,1H3. The van der Waals surface area contributed by atoms with Gasteiger partial charge in [-0.05, 0) is 35.1 Å². The van der Waals surface area contributed by atoms with E-state index in [1.165, 1.54) is 6.07 Å². The Labute approximate surface area is 103 Å². The van der Waals surface area contributed by atoms with Gasteiger partial charge in [-0.2, -0.15) is 0 Å². The van der Waals surface area contributed by atoms with E-state index in [1.54, 1.807) is 6.92 Å². The van der Waals surface area contributed by atoms with Crippen LogP contribution in [0.15, 0.2) is 6.07 Å². The number of ether oxygens (including phenoxy) is 1. The zero-order chi connectivity index (χ0) is 11.6. The molecule has 0 bridgehead atoms. The van der Waals surface area contributed by atoms with E-state index in [0.717, 1.165) is 3.57 Å². The lowest BCUT2D eigenvalue weighted by atomic mass is 10.2. The van der Waals surface area contributed by atoms with E-state index in [9.17, 15) is 13.2 Å². The first kappa shape index (κ1) is 12.8. The minimum atomic E-state index is -4.73. The smallest absolute Gasteiger partial charge is 0.388 e. The number of hydrogen-bond acceptors (Lipinski definition) is 2. The second-order valence-electron chi connectivity index (χ2n) is 2.72. The fraction of sp³-hybridized carbons (Fsp3) is 0.375. The highest BCUT2D eigenvalue weighted by molar-refractivity contribution is 14.1. The average Bonchev–Trinajstić information content (AvgIpc) is 2.08. The van der Waals surface area contributed by atoms with Gasteiger partial charge in [0.2, 0.25) is 5.88 Å². The molecule has 0 aromatic carbocycles. The van der Waals surface area contributed by atoms with Crippen molar-refractivity contribution in [2.75, 3.05) is 0 Å². The van der Waals surface area contributed by atoms with Gasteiger partial charge in [0.1, 0.15) is 0 Å². The molecule has 0 aliphatic heterocycles. The quantitative estimate of drug-likeness (QED) is 0.600. The molecule has 15 heavy (non-hydrogen) atoms. The van der Waals surface area contributed by atoms with Crippen LogP contribution in [0.3, 0.4) is 0 Å². The van der Waals surface area contributed by atoms with Crippen molar-refractivity contribution in [3.8, 4) is 5.88 Å². The lowest BCUT2D eigenvalue weighted by molar-refractivity contribution is -0.276. The van der Waals surface area contributed by atoms with Crippen LogP contribution in [-0.2, 0) is 5.88 Å². The van der Waals surface area contributed by atoms with E-state index >= 15 is 0 Å². The first-order valence-corrected chi connectivity index (χ1v) is 5.42. The Balaban J connectivity index is 3.06. The highest BCUT2D eigenvalue weighted by Gasteiger charge is 2.32. The van der Waals surface area contributed by atoms with Gasteiger partial charge in [0, 0.05) is 9.64 Å². The molecule has 0 atom stereocenters. The van der Waals surface area contributed by atoms with Crippen molar-refractivity contribution in [3.05, 3.63) is 20.9 Å². The number of nitrogens with zero attached hydrogens (tertiary/aromatic N) is 1. The van der Waals surface area contributed by atoms with Gasteiger partial charge in [0.25, 0.3) is 0 Å². The maximum Gasteiger partial charge on any atom is 0.574 e. The maximum atomic E-state index is 11.9. The molecule has 0 fully saturated rings. The van der Waals surface area contributed by atoms with Crippen molar-refractivity contribution >= 4 is 34.2 Å². The summed E-state index contributed by atoms with van der Waals surface area (Å²) in [5.41, 5.74) is 1.04. The van der Waals surface area contributed by atoms with Crippen molar-refractivity contribution < 1.29 is 17.9 Å². The number of hydrogen-bond donors (Lipinski definition) is 0. The van der Waals surface area contributed by atoms with Crippen molar-refractivity contribution in [1.82, 2.24) is 4.98 Å². The molecule has 0 aliphatic rings. The summed E-state index contributed by atoms with van der Waals surface area (Å²) < 4.78 is 40.2. The second kappa shape index (κ2) is 4.73. The van der Waals surface area contributed by atoms with Crippen LogP contribution in [0.1, 0.15) is 11.3 Å². The summed E-state index contributed by atoms with van der Waals surface area (Å²) in [5.74, 6) is -0.426. The van der Waals surface area contributed by atoms with Gasteiger partial charge < -0.3 is 4.74 Å². The van der Waals surface area contributed by atoms with E-state index in [0.29, 0.717) is 11.3 Å². The Morgan fingerprint density at radius 2 is 2.13 bits per heavy atom. The molecule has 0 aliphatic carbocycles. The van der Waals surface area contributed by atoms with Crippen LogP contribution < -0.4 is 4.74 Å². The molecule has 0 amide bonds. The number of halogens is 5. The van der Waals surface area contributed by atoms with Gasteiger partial charge in [-0.3, -0.25) is 0 Å². The maximum absolute atomic E-state index is 11.9. The fourth-order valence-electron chi connectivity index (χ4n) is 0.950. The average molecular weight is 351 g/mol. The lowest BCUT2D eigenvalue weighted by Gasteiger charge is -2.11. The molecule has 0 saturated heterocycles. The summed E-state index contributed by atoms with van der Waals surface area (Å²) >= 11 is 7.52. The number of alkyl halides is 4. The monoisotopic (exact) mass is 351 g/mol. The van der Waals surface area contributed by atoms with Gasteiger partial charge in [0.05, 0.1) is 11.6 Å². The van der Waals surface area contributed by atoms with E-state index < -0.39 is 12.2 Å². The molecule has 0 radical (unpaired) electrons. The summed E-state index contributed by atoms with van der Waals surface area (Å²) in [6.45, 7) is 1.67. The predicted molar refractivity (Wildman–Crippen MR) is 57.9 cm³/mol. The van der Waals surface area contributed by atoms with Crippen molar-refractivity contribution in [2.45, 2.75) is 19.2 Å². The summed E-state index contributed by atoms with van der Waals surface area (Å²) in [6.07, 6.45) is -4.73. The van der Waals surface area contributed by atoms with Crippen LogP contribution >= 0.6 is 34.2 Å². The first-order valence-electron chi connectivity index (χ1n) is 3.81. The predicted octanol–water partition coefficient (Wildman–Crippen LogP) is 3.63. The Kier molecular flexibility index (Phi) is 4.05. The number of rotatable bonds is 2. The Morgan fingerprint density at radius 3 is 2.60 bits per heavy atom. The van der Waals surface area contributed by atoms with Crippen LogP contribution in [0.4, 0.5) is 13.2 Å². The van der Waals surface area contributed by atoms with Crippen LogP contribution in [0, 0.1) is 10.5 Å². The van der Waals surface area contributed by atoms with E-state index in [2.05, 4.69) is 9.72 Å². The SMILES string of the molecule is Cc1cc(OC(F)(F)F)nc(CCl)c1I. The van der Waals surface area contributed by atoms with E-state index in [1.807, 2.05) is 22.6 Å². The van der Waals surface area contributed by atoms with Crippen LogP contribution in [-0.4, -0.2) is 11.3 Å². The molecule has 7 heteroatoms. The third-order valence-corrected chi connectivity index (χ3v) is 3.26. The molecule has 0 unspecified atom stereocenters. The van der Waals surface area contributed by atoms with Gasteiger partial charge in [-0.25, -0.2) is 4.98 Å². The Hall–Kier alpha value is -0.240. The lowest BCUT2D eigenvalue weighted by Crippen LogP contribution is -2.18. The number of aromatic nitrogens is 1. The second-order valence-corrected chi connectivity index (χ2v) is 4.07. The molecule has 84 valence electrons. The van der Waals surface area contributed by atoms with Gasteiger partial charge in [0.15, 0.2) is 0 Å². The third kappa shape index (κ3) is 3.67. The zero-order valence-corrected chi connectivity index (χ0v) is 10.4. The largest absolute Gasteiger partial charge is 0.574 e. The molecule has 1 rings (SSSR count). The van der Waals surface area contributed by atoms with Crippen molar-refractivity contribution in [1.29, 1.82) is 0 Å². The molecule has 0 spiro atoms. The molecular formula is C8H6ClF3INO. The van der Waals surface area contributed by atoms with Gasteiger partial charge >= 0.3 is 6.36 Å². The normalized spacial score (nSPS) is 11.6. The molecule has 1 heterocycles. The molecular weight excluding hydrogens is 345 g/mol.